The van der Waals surface area contributed by atoms with Crippen molar-refractivity contribution >= 4 is 11.7 Å². The molecule has 2 aliphatic rings. The number of amides is 1. The smallest absolute Gasteiger partial charge is 0.222 e. The van der Waals surface area contributed by atoms with Gasteiger partial charge in [-0.1, -0.05) is 20.3 Å². The summed E-state index contributed by atoms with van der Waals surface area (Å²) in [5.74, 6) is 1.61. The molecule has 0 radical (unpaired) electrons. The van der Waals surface area contributed by atoms with E-state index < -0.39 is 0 Å². The zero-order valence-corrected chi connectivity index (χ0v) is 15.2. The van der Waals surface area contributed by atoms with Crippen molar-refractivity contribution in [3.63, 3.8) is 0 Å². The predicted molar refractivity (Wildman–Crippen MR) is 93.3 cm³/mol. The van der Waals surface area contributed by atoms with Crippen molar-refractivity contribution in [2.75, 3.05) is 26.7 Å². The third-order valence-electron chi connectivity index (χ3n) is 5.60. The fourth-order valence-corrected chi connectivity index (χ4v) is 4.38. The van der Waals surface area contributed by atoms with Crippen LogP contribution < -0.4 is 0 Å². The van der Waals surface area contributed by atoms with E-state index in [2.05, 4.69) is 18.7 Å². The van der Waals surface area contributed by atoms with Crippen LogP contribution in [0.3, 0.4) is 0 Å². The number of hydrogen-bond acceptors (Lipinski definition) is 3. The van der Waals surface area contributed by atoms with Crippen molar-refractivity contribution in [1.82, 2.24) is 9.80 Å². The molecule has 1 saturated heterocycles. The van der Waals surface area contributed by atoms with Crippen molar-refractivity contribution < 1.29 is 9.59 Å². The summed E-state index contributed by atoms with van der Waals surface area (Å²) < 4.78 is 0. The Morgan fingerprint density at radius 2 is 2.09 bits per heavy atom. The molecule has 0 bridgehead atoms. The first-order valence-corrected chi connectivity index (χ1v) is 9.54. The molecule has 0 spiro atoms. The van der Waals surface area contributed by atoms with Gasteiger partial charge in [0.25, 0.3) is 0 Å². The summed E-state index contributed by atoms with van der Waals surface area (Å²) in [5.41, 5.74) is 0. The number of likely N-dealkylation sites (tertiary alicyclic amines) is 1. The summed E-state index contributed by atoms with van der Waals surface area (Å²) in [6.07, 6.45) is 7.58. The highest BCUT2D eigenvalue weighted by atomic mass is 16.2. The van der Waals surface area contributed by atoms with Crippen LogP contribution in [-0.2, 0) is 9.59 Å². The quantitative estimate of drug-likeness (QED) is 0.723. The molecular weight excluding hydrogens is 288 g/mol. The summed E-state index contributed by atoms with van der Waals surface area (Å²) in [7, 11) is 1.93. The van der Waals surface area contributed by atoms with Crippen molar-refractivity contribution in [2.24, 2.45) is 11.8 Å². The normalized spacial score (nSPS) is 28.5. The van der Waals surface area contributed by atoms with Gasteiger partial charge in [0.15, 0.2) is 0 Å². The maximum Gasteiger partial charge on any atom is 0.222 e. The van der Waals surface area contributed by atoms with Gasteiger partial charge in [-0.15, -0.1) is 0 Å². The molecule has 1 saturated carbocycles. The minimum atomic E-state index is 0.278. The van der Waals surface area contributed by atoms with Gasteiger partial charge in [0.2, 0.25) is 5.91 Å². The highest BCUT2D eigenvalue weighted by Gasteiger charge is 2.39. The van der Waals surface area contributed by atoms with Crippen LogP contribution in [-0.4, -0.2) is 54.2 Å². The molecule has 1 aliphatic heterocycles. The lowest BCUT2D eigenvalue weighted by molar-refractivity contribution is -0.132. The Labute approximate surface area is 141 Å². The molecule has 4 nitrogen and oxygen atoms in total. The number of Topliss-reactive ketones (excluding diaryl/α,β-unsaturated/α-hetero) is 1. The summed E-state index contributed by atoms with van der Waals surface area (Å²) in [6, 6.07) is 0.580. The molecule has 23 heavy (non-hydrogen) atoms. The lowest BCUT2D eigenvalue weighted by Gasteiger charge is -2.47. The average molecular weight is 322 g/mol. The van der Waals surface area contributed by atoms with Gasteiger partial charge in [0.1, 0.15) is 5.78 Å². The zero-order chi connectivity index (χ0) is 16.8. The van der Waals surface area contributed by atoms with Gasteiger partial charge in [0, 0.05) is 45.4 Å². The van der Waals surface area contributed by atoms with Crippen LogP contribution in [0.1, 0.15) is 65.2 Å². The molecule has 0 unspecified atom stereocenters. The standard InChI is InChI=1S/C19H34N2O2/c1-4-6-10-20(3)19(23)12-15-11-16-13-17(22)7-8-18(16)21(14-15)9-5-2/h15-16,18H,4-14H2,1-3H3/t15-,16-,18-/m1/s1. The highest BCUT2D eigenvalue weighted by molar-refractivity contribution is 5.79. The number of ketones is 1. The number of carbonyl (C=O) groups excluding carboxylic acids is 2. The molecule has 1 amide bonds. The van der Waals surface area contributed by atoms with Gasteiger partial charge >= 0.3 is 0 Å². The van der Waals surface area contributed by atoms with Crippen molar-refractivity contribution in [2.45, 2.75) is 71.3 Å². The van der Waals surface area contributed by atoms with Gasteiger partial charge in [-0.25, -0.2) is 0 Å². The first kappa shape index (κ1) is 18.4. The van der Waals surface area contributed by atoms with Crippen LogP contribution in [0.15, 0.2) is 0 Å². The largest absolute Gasteiger partial charge is 0.346 e. The van der Waals surface area contributed by atoms with Crippen LogP contribution in [0.2, 0.25) is 0 Å². The monoisotopic (exact) mass is 322 g/mol. The Balaban J connectivity index is 1.94. The van der Waals surface area contributed by atoms with E-state index >= 15 is 0 Å². The molecule has 4 heteroatoms. The lowest BCUT2D eigenvalue weighted by atomic mass is 9.73. The highest BCUT2D eigenvalue weighted by Crippen LogP contribution is 2.37. The maximum atomic E-state index is 12.4. The van der Waals surface area contributed by atoms with Crippen molar-refractivity contribution in [3.8, 4) is 0 Å². The number of carbonyl (C=O) groups is 2. The summed E-state index contributed by atoms with van der Waals surface area (Å²) in [5, 5.41) is 0. The topological polar surface area (TPSA) is 40.6 Å². The van der Waals surface area contributed by atoms with Crippen LogP contribution in [0, 0.1) is 11.8 Å². The number of rotatable bonds is 7. The van der Waals surface area contributed by atoms with E-state index in [-0.39, 0.29) is 5.91 Å². The van der Waals surface area contributed by atoms with Gasteiger partial charge in [-0.3, -0.25) is 14.5 Å². The molecule has 0 aromatic carbocycles. The minimum absolute atomic E-state index is 0.278. The Hall–Kier alpha value is -0.900. The molecule has 3 atom stereocenters. The maximum absolute atomic E-state index is 12.4. The van der Waals surface area contributed by atoms with E-state index in [0.717, 1.165) is 64.6 Å². The molecule has 2 fully saturated rings. The molecule has 0 aromatic rings. The van der Waals surface area contributed by atoms with E-state index in [1.54, 1.807) is 0 Å². The number of piperidine rings is 1. The first-order valence-electron chi connectivity index (χ1n) is 9.54. The number of fused-ring (bicyclic) bond motifs is 1. The third kappa shape index (κ3) is 5.03. The summed E-state index contributed by atoms with van der Waals surface area (Å²) in [4.78, 5) is 28.8. The molecular formula is C19H34N2O2. The lowest BCUT2D eigenvalue weighted by Crippen LogP contribution is -2.52. The molecule has 0 aromatic heterocycles. The van der Waals surface area contributed by atoms with E-state index in [1.165, 1.54) is 0 Å². The van der Waals surface area contributed by atoms with Gasteiger partial charge < -0.3 is 4.90 Å². The van der Waals surface area contributed by atoms with Gasteiger partial charge in [0.05, 0.1) is 0 Å². The van der Waals surface area contributed by atoms with Crippen LogP contribution in [0.5, 0.6) is 0 Å². The van der Waals surface area contributed by atoms with Gasteiger partial charge in [-0.2, -0.15) is 0 Å². The molecule has 1 aliphatic carbocycles. The zero-order valence-electron chi connectivity index (χ0n) is 15.2. The Morgan fingerprint density at radius 1 is 1.30 bits per heavy atom. The van der Waals surface area contributed by atoms with Gasteiger partial charge in [-0.05, 0) is 44.1 Å². The summed E-state index contributed by atoms with van der Waals surface area (Å²) in [6.45, 7) is 7.38. The molecule has 132 valence electrons. The van der Waals surface area contributed by atoms with E-state index in [9.17, 15) is 9.59 Å². The molecule has 1 heterocycles. The second kappa shape index (κ2) is 8.81. The molecule has 0 N–H and O–H groups in total. The Morgan fingerprint density at radius 3 is 2.78 bits per heavy atom. The number of hydrogen-bond donors (Lipinski definition) is 0. The second-order valence-electron chi connectivity index (χ2n) is 7.58. The average Bonchev–Trinajstić information content (AvgIpc) is 2.52. The van der Waals surface area contributed by atoms with Crippen molar-refractivity contribution in [3.05, 3.63) is 0 Å². The Kier molecular flexibility index (Phi) is 7.07. The minimum Gasteiger partial charge on any atom is -0.346 e. The van der Waals surface area contributed by atoms with Crippen LogP contribution in [0.4, 0.5) is 0 Å². The van der Waals surface area contributed by atoms with Crippen molar-refractivity contribution in [1.29, 1.82) is 0 Å². The van der Waals surface area contributed by atoms with E-state index in [4.69, 9.17) is 0 Å². The summed E-state index contributed by atoms with van der Waals surface area (Å²) >= 11 is 0. The Bertz CT molecular complexity index is 410. The second-order valence-corrected chi connectivity index (χ2v) is 7.58. The van der Waals surface area contributed by atoms with E-state index in [0.29, 0.717) is 30.1 Å². The third-order valence-corrected chi connectivity index (χ3v) is 5.60. The fraction of sp³-hybridized carbons (Fsp3) is 0.895. The van der Waals surface area contributed by atoms with Crippen LogP contribution >= 0.6 is 0 Å². The van der Waals surface area contributed by atoms with E-state index in [1.807, 2.05) is 11.9 Å². The first-order chi connectivity index (χ1) is 11.0. The number of nitrogens with zero attached hydrogens (tertiary/aromatic N) is 2. The fourth-order valence-electron chi connectivity index (χ4n) is 4.38. The van der Waals surface area contributed by atoms with Crippen LogP contribution in [0.25, 0.3) is 0 Å². The predicted octanol–water partition coefficient (Wildman–Crippen LogP) is 3.10. The molecule has 2 rings (SSSR count). The number of unbranched alkanes of at least 4 members (excludes halogenated alkanes) is 1. The SMILES string of the molecule is CCCCN(C)C(=O)C[C@H]1C[C@@H]2CC(=O)CC[C@H]2N(CCC)C1.